The van der Waals surface area contributed by atoms with Crippen LogP contribution in [0.4, 0.5) is 0 Å². The molecule has 0 fully saturated rings. The summed E-state index contributed by atoms with van der Waals surface area (Å²) in [6.07, 6.45) is 6.43. The van der Waals surface area contributed by atoms with Gasteiger partial charge >= 0.3 is 0 Å². The molecule has 4 rings (SSSR count). The second kappa shape index (κ2) is 5.92. The number of aromatic nitrogens is 4. The molecule has 2 aromatic carbocycles. The monoisotopic (exact) mass is 315 g/mol. The number of oxime groups is 1. The second-order valence-corrected chi connectivity index (χ2v) is 5.25. The lowest BCUT2D eigenvalue weighted by atomic mass is 10.1. The van der Waals surface area contributed by atoms with Crippen LogP contribution in [0.25, 0.3) is 28.0 Å². The largest absolute Gasteiger partial charge is 0.411 e. The fourth-order valence-electron chi connectivity index (χ4n) is 2.66. The molecule has 24 heavy (non-hydrogen) atoms. The SMILES string of the molecule is ON=Cc1ccc2c(c1)ncn2-c1cccc(-c2ccncn2)c1. The van der Waals surface area contributed by atoms with E-state index < -0.39 is 0 Å². The van der Waals surface area contributed by atoms with Gasteiger partial charge in [-0.1, -0.05) is 23.4 Å². The fraction of sp³-hybridized carbons (Fsp3) is 0. The van der Waals surface area contributed by atoms with Crippen molar-refractivity contribution in [3.63, 3.8) is 0 Å². The van der Waals surface area contributed by atoms with Gasteiger partial charge in [-0.25, -0.2) is 15.0 Å². The number of hydrogen-bond acceptors (Lipinski definition) is 5. The van der Waals surface area contributed by atoms with Crippen LogP contribution in [0.1, 0.15) is 5.56 Å². The van der Waals surface area contributed by atoms with Crippen LogP contribution in [-0.4, -0.2) is 30.9 Å². The summed E-state index contributed by atoms with van der Waals surface area (Å²) in [7, 11) is 0. The molecule has 0 saturated heterocycles. The zero-order chi connectivity index (χ0) is 16.4. The molecule has 0 amide bonds. The summed E-state index contributed by atoms with van der Waals surface area (Å²) in [5.74, 6) is 0. The zero-order valence-electron chi connectivity index (χ0n) is 12.6. The maximum absolute atomic E-state index is 8.65. The first kappa shape index (κ1) is 14.1. The molecule has 0 saturated carbocycles. The van der Waals surface area contributed by atoms with Gasteiger partial charge in [0.2, 0.25) is 0 Å². The van der Waals surface area contributed by atoms with Gasteiger partial charge in [0.25, 0.3) is 0 Å². The summed E-state index contributed by atoms with van der Waals surface area (Å²) in [5.41, 5.74) is 5.49. The molecule has 6 nitrogen and oxygen atoms in total. The van der Waals surface area contributed by atoms with Gasteiger partial charge in [0.1, 0.15) is 12.7 Å². The molecular weight excluding hydrogens is 302 g/mol. The summed E-state index contributed by atoms with van der Waals surface area (Å²) < 4.78 is 2.01. The molecule has 0 spiro atoms. The minimum Gasteiger partial charge on any atom is -0.411 e. The van der Waals surface area contributed by atoms with E-state index in [1.807, 2.05) is 47.0 Å². The lowest BCUT2D eigenvalue weighted by Gasteiger charge is -2.07. The van der Waals surface area contributed by atoms with E-state index in [1.165, 1.54) is 6.21 Å². The van der Waals surface area contributed by atoms with Crippen LogP contribution in [-0.2, 0) is 0 Å². The average molecular weight is 315 g/mol. The van der Waals surface area contributed by atoms with E-state index in [0.29, 0.717) is 0 Å². The van der Waals surface area contributed by atoms with Crippen molar-refractivity contribution in [3.05, 3.63) is 72.9 Å². The smallest absolute Gasteiger partial charge is 0.116 e. The lowest BCUT2D eigenvalue weighted by molar-refractivity contribution is 0.322. The summed E-state index contributed by atoms with van der Waals surface area (Å²) in [4.78, 5) is 12.7. The summed E-state index contributed by atoms with van der Waals surface area (Å²) >= 11 is 0. The lowest BCUT2D eigenvalue weighted by Crippen LogP contribution is -1.93. The molecule has 0 aliphatic heterocycles. The molecule has 0 aliphatic carbocycles. The van der Waals surface area contributed by atoms with Crippen LogP contribution in [0.5, 0.6) is 0 Å². The van der Waals surface area contributed by atoms with Gasteiger partial charge in [-0.05, 0) is 35.9 Å². The molecule has 1 N–H and O–H groups in total. The highest BCUT2D eigenvalue weighted by Gasteiger charge is 2.07. The molecule has 0 unspecified atom stereocenters. The van der Waals surface area contributed by atoms with Gasteiger partial charge < -0.3 is 5.21 Å². The molecule has 0 atom stereocenters. The Labute approximate surface area is 137 Å². The molecule has 0 bridgehead atoms. The number of fused-ring (bicyclic) bond motifs is 1. The van der Waals surface area contributed by atoms with Crippen molar-refractivity contribution in [1.29, 1.82) is 0 Å². The molecule has 0 radical (unpaired) electrons. The summed E-state index contributed by atoms with van der Waals surface area (Å²) in [6, 6.07) is 15.7. The number of imidazole rings is 1. The minimum atomic E-state index is 0.796. The van der Waals surface area contributed by atoms with Gasteiger partial charge in [0, 0.05) is 17.4 Å². The van der Waals surface area contributed by atoms with Gasteiger partial charge in [-0.3, -0.25) is 4.57 Å². The van der Waals surface area contributed by atoms with E-state index in [-0.39, 0.29) is 0 Å². The van der Waals surface area contributed by atoms with E-state index >= 15 is 0 Å². The Morgan fingerprint density at radius 2 is 2.00 bits per heavy atom. The van der Waals surface area contributed by atoms with Gasteiger partial charge in [-0.2, -0.15) is 0 Å². The van der Waals surface area contributed by atoms with Crippen molar-refractivity contribution >= 4 is 17.2 Å². The Balaban J connectivity index is 1.80. The van der Waals surface area contributed by atoms with Crippen molar-refractivity contribution in [2.24, 2.45) is 5.16 Å². The predicted octanol–water partition coefficient (Wildman–Crippen LogP) is 3.29. The third-order valence-electron chi connectivity index (χ3n) is 3.78. The van der Waals surface area contributed by atoms with E-state index in [2.05, 4.69) is 26.2 Å². The van der Waals surface area contributed by atoms with E-state index in [9.17, 15) is 0 Å². The normalized spacial score (nSPS) is 11.3. The fourth-order valence-corrected chi connectivity index (χ4v) is 2.66. The molecule has 4 aromatic rings. The highest BCUT2D eigenvalue weighted by Crippen LogP contribution is 2.23. The van der Waals surface area contributed by atoms with Crippen LogP contribution in [0.3, 0.4) is 0 Å². The highest BCUT2D eigenvalue weighted by molar-refractivity contribution is 5.87. The molecule has 6 heteroatoms. The highest BCUT2D eigenvalue weighted by atomic mass is 16.4. The quantitative estimate of drug-likeness (QED) is 0.357. The topological polar surface area (TPSA) is 76.2 Å². The van der Waals surface area contributed by atoms with Crippen LogP contribution in [0.15, 0.2) is 72.5 Å². The number of rotatable bonds is 3. The van der Waals surface area contributed by atoms with Crippen molar-refractivity contribution < 1.29 is 5.21 Å². The maximum atomic E-state index is 8.65. The summed E-state index contributed by atoms with van der Waals surface area (Å²) in [6.45, 7) is 0. The van der Waals surface area contributed by atoms with Crippen molar-refractivity contribution in [2.45, 2.75) is 0 Å². The van der Waals surface area contributed by atoms with Crippen LogP contribution in [0.2, 0.25) is 0 Å². The Hall–Kier alpha value is -3.54. The van der Waals surface area contributed by atoms with Crippen LogP contribution >= 0.6 is 0 Å². The van der Waals surface area contributed by atoms with Crippen molar-refractivity contribution in [1.82, 2.24) is 19.5 Å². The zero-order valence-corrected chi connectivity index (χ0v) is 12.6. The molecule has 2 heterocycles. The van der Waals surface area contributed by atoms with E-state index in [4.69, 9.17) is 5.21 Å². The number of benzene rings is 2. The number of hydrogen-bond donors (Lipinski definition) is 1. The molecular formula is C18H13N5O. The summed E-state index contributed by atoms with van der Waals surface area (Å²) in [5, 5.41) is 11.7. The first-order chi connectivity index (χ1) is 11.8. The van der Waals surface area contributed by atoms with Crippen molar-refractivity contribution in [2.75, 3.05) is 0 Å². The van der Waals surface area contributed by atoms with Gasteiger partial charge in [-0.15, -0.1) is 0 Å². The predicted molar refractivity (Wildman–Crippen MR) is 91.5 cm³/mol. The van der Waals surface area contributed by atoms with E-state index in [1.54, 1.807) is 18.9 Å². The standard InChI is InChI=1S/C18H13N5O/c24-22-10-13-4-5-18-17(8-13)21-12-23(18)15-3-1-2-14(9-15)16-6-7-19-11-20-16/h1-12,24H. The van der Waals surface area contributed by atoms with Gasteiger partial charge in [0.05, 0.1) is 22.9 Å². The third kappa shape index (κ3) is 2.50. The van der Waals surface area contributed by atoms with Gasteiger partial charge in [0.15, 0.2) is 0 Å². The maximum Gasteiger partial charge on any atom is 0.116 e. The Morgan fingerprint density at radius 3 is 2.83 bits per heavy atom. The van der Waals surface area contributed by atoms with Crippen LogP contribution in [0, 0.1) is 0 Å². The molecule has 0 aliphatic rings. The van der Waals surface area contributed by atoms with Crippen LogP contribution < -0.4 is 0 Å². The molecule has 2 aromatic heterocycles. The Morgan fingerprint density at radius 1 is 1.04 bits per heavy atom. The van der Waals surface area contributed by atoms with Crippen molar-refractivity contribution in [3.8, 4) is 16.9 Å². The first-order valence-electron chi connectivity index (χ1n) is 7.36. The Kier molecular flexibility index (Phi) is 3.47. The van der Waals surface area contributed by atoms with E-state index in [0.717, 1.165) is 33.5 Å². The average Bonchev–Trinajstić information content (AvgIpc) is 3.06. The minimum absolute atomic E-state index is 0.796. The second-order valence-electron chi connectivity index (χ2n) is 5.25. The third-order valence-corrected chi connectivity index (χ3v) is 3.78. The Bertz CT molecular complexity index is 1020. The molecule has 116 valence electrons. The number of nitrogens with zero attached hydrogens (tertiary/aromatic N) is 5. The first-order valence-corrected chi connectivity index (χ1v) is 7.36.